The molecule has 0 bridgehead atoms. The number of ether oxygens (including phenoxy) is 1. The van der Waals surface area contributed by atoms with E-state index in [0.717, 1.165) is 23.3 Å². The standard InChI is InChI=1S/C16H14Cl2O/c1-10-7-13-8-12(5-6-15(13)19-10)16(18)11-3-2-4-14(17)9-11/h2-6,8-10,16H,7H2,1H3. The highest BCUT2D eigenvalue weighted by molar-refractivity contribution is 6.30. The Morgan fingerprint density at radius 3 is 2.74 bits per heavy atom. The summed E-state index contributed by atoms with van der Waals surface area (Å²) in [4.78, 5) is 0. The van der Waals surface area contributed by atoms with E-state index in [4.69, 9.17) is 27.9 Å². The molecular weight excluding hydrogens is 279 g/mol. The second-order valence-electron chi connectivity index (χ2n) is 4.92. The molecule has 2 atom stereocenters. The average molecular weight is 293 g/mol. The summed E-state index contributed by atoms with van der Waals surface area (Å²) < 4.78 is 5.70. The number of halogens is 2. The highest BCUT2D eigenvalue weighted by Crippen LogP contribution is 2.35. The van der Waals surface area contributed by atoms with Gasteiger partial charge in [-0.15, -0.1) is 11.6 Å². The number of hydrogen-bond donors (Lipinski definition) is 0. The molecule has 98 valence electrons. The third-order valence-corrected chi connectivity index (χ3v) is 4.09. The average Bonchev–Trinajstić information content (AvgIpc) is 2.76. The summed E-state index contributed by atoms with van der Waals surface area (Å²) >= 11 is 12.6. The molecule has 2 aromatic carbocycles. The van der Waals surface area contributed by atoms with Gasteiger partial charge in [-0.25, -0.2) is 0 Å². The Balaban J connectivity index is 1.93. The molecule has 0 aliphatic carbocycles. The van der Waals surface area contributed by atoms with Crippen molar-refractivity contribution in [3.05, 3.63) is 64.2 Å². The van der Waals surface area contributed by atoms with Crippen molar-refractivity contribution < 1.29 is 4.74 Å². The molecule has 1 heterocycles. The van der Waals surface area contributed by atoms with Gasteiger partial charge in [-0.2, -0.15) is 0 Å². The summed E-state index contributed by atoms with van der Waals surface area (Å²) in [5.41, 5.74) is 3.33. The molecule has 0 N–H and O–H groups in total. The van der Waals surface area contributed by atoms with Crippen LogP contribution in [0, 0.1) is 0 Å². The molecule has 1 aliphatic heterocycles. The van der Waals surface area contributed by atoms with Crippen molar-refractivity contribution in [3.63, 3.8) is 0 Å². The quantitative estimate of drug-likeness (QED) is 0.709. The van der Waals surface area contributed by atoms with Crippen LogP contribution >= 0.6 is 23.2 Å². The maximum atomic E-state index is 6.54. The molecule has 0 saturated heterocycles. The van der Waals surface area contributed by atoms with Gasteiger partial charge in [0.1, 0.15) is 11.9 Å². The van der Waals surface area contributed by atoms with Crippen molar-refractivity contribution in [3.8, 4) is 5.75 Å². The van der Waals surface area contributed by atoms with E-state index in [1.807, 2.05) is 36.4 Å². The second kappa shape index (κ2) is 5.07. The minimum atomic E-state index is -0.181. The SMILES string of the molecule is CC1Cc2cc(C(Cl)c3cccc(Cl)c3)ccc2O1. The van der Waals surface area contributed by atoms with Gasteiger partial charge in [0.15, 0.2) is 0 Å². The number of rotatable bonds is 2. The molecule has 3 rings (SSSR count). The van der Waals surface area contributed by atoms with Crippen molar-refractivity contribution in [2.75, 3.05) is 0 Å². The van der Waals surface area contributed by atoms with Crippen LogP contribution in [0.1, 0.15) is 29.0 Å². The molecule has 1 nitrogen and oxygen atoms in total. The van der Waals surface area contributed by atoms with Gasteiger partial charge in [0.25, 0.3) is 0 Å². The predicted octanol–water partition coefficient (Wildman–Crippen LogP) is 4.99. The van der Waals surface area contributed by atoms with E-state index in [1.54, 1.807) is 0 Å². The van der Waals surface area contributed by atoms with E-state index in [-0.39, 0.29) is 11.5 Å². The molecule has 1 aliphatic rings. The summed E-state index contributed by atoms with van der Waals surface area (Å²) in [7, 11) is 0. The first-order chi connectivity index (χ1) is 9.13. The number of alkyl halides is 1. The Labute approximate surface area is 123 Å². The van der Waals surface area contributed by atoms with E-state index in [2.05, 4.69) is 13.0 Å². The normalized spacial score (nSPS) is 18.8. The molecule has 19 heavy (non-hydrogen) atoms. The van der Waals surface area contributed by atoms with Gasteiger partial charge in [-0.3, -0.25) is 0 Å². The van der Waals surface area contributed by atoms with Crippen molar-refractivity contribution in [2.45, 2.75) is 24.8 Å². The minimum absolute atomic E-state index is 0.181. The van der Waals surface area contributed by atoms with Gasteiger partial charge in [-0.1, -0.05) is 35.9 Å². The van der Waals surface area contributed by atoms with Gasteiger partial charge in [0.2, 0.25) is 0 Å². The molecular formula is C16H14Cl2O. The number of benzene rings is 2. The molecule has 0 amide bonds. The van der Waals surface area contributed by atoms with Crippen LogP contribution in [0.3, 0.4) is 0 Å². The van der Waals surface area contributed by atoms with Gasteiger partial charge < -0.3 is 4.74 Å². The lowest BCUT2D eigenvalue weighted by Gasteiger charge is -2.12. The second-order valence-corrected chi connectivity index (χ2v) is 5.79. The highest BCUT2D eigenvalue weighted by atomic mass is 35.5. The van der Waals surface area contributed by atoms with E-state index in [0.29, 0.717) is 5.02 Å². The molecule has 0 aromatic heterocycles. The van der Waals surface area contributed by atoms with Crippen LogP contribution in [0.15, 0.2) is 42.5 Å². The van der Waals surface area contributed by atoms with Crippen LogP contribution in [0.2, 0.25) is 5.02 Å². The fourth-order valence-corrected chi connectivity index (χ4v) is 2.93. The molecule has 0 saturated carbocycles. The Morgan fingerprint density at radius 1 is 1.16 bits per heavy atom. The Kier molecular flexibility index (Phi) is 3.42. The van der Waals surface area contributed by atoms with Gasteiger partial charge in [0.05, 0.1) is 5.38 Å². The Morgan fingerprint density at radius 2 is 1.95 bits per heavy atom. The van der Waals surface area contributed by atoms with Gasteiger partial charge in [0, 0.05) is 11.4 Å². The largest absolute Gasteiger partial charge is 0.490 e. The Bertz CT molecular complexity index is 609. The first kappa shape index (κ1) is 12.8. The highest BCUT2D eigenvalue weighted by Gasteiger charge is 2.21. The van der Waals surface area contributed by atoms with Crippen LogP contribution in [0.25, 0.3) is 0 Å². The first-order valence-corrected chi connectivity index (χ1v) is 7.14. The van der Waals surface area contributed by atoms with Crippen molar-refractivity contribution in [1.82, 2.24) is 0 Å². The smallest absolute Gasteiger partial charge is 0.123 e. The fourth-order valence-electron chi connectivity index (χ4n) is 2.46. The zero-order chi connectivity index (χ0) is 13.4. The summed E-state index contributed by atoms with van der Waals surface area (Å²) in [6.07, 6.45) is 1.20. The maximum absolute atomic E-state index is 6.54. The maximum Gasteiger partial charge on any atom is 0.123 e. The lowest BCUT2D eigenvalue weighted by atomic mass is 10.0. The zero-order valence-electron chi connectivity index (χ0n) is 10.6. The lowest BCUT2D eigenvalue weighted by Crippen LogP contribution is -2.05. The van der Waals surface area contributed by atoms with Crippen LogP contribution < -0.4 is 4.74 Å². The molecule has 2 unspecified atom stereocenters. The monoisotopic (exact) mass is 292 g/mol. The summed E-state index contributed by atoms with van der Waals surface area (Å²) in [6.45, 7) is 2.08. The van der Waals surface area contributed by atoms with E-state index < -0.39 is 0 Å². The first-order valence-electron chi connectivity index (χ1n) is 6.32. The van der Waals surface area contributed by atoms with Crippen LogP contribution in [0.5, 0.6) is 5.75 Å². The molecule has 3 heteroatoms. The van der Waals surface area contributed by atoms with Gasteiger partial charge in [-0.05, 0) is 41.8 Å². The van der Waals surface area contributed by atoms with E-state index in [1.165, 1.54) is 5.56 Å². The van der Waals surface area contributed by atoms with E-state index >= 15 is 0 Å². The number of hydrogen-bond acceptors (Lipinski definition) is 1. The van der Waals surface area contributed by atoms with Crippen LogP contribution in [-0.4, -0.2) is 6.10 Å². The minimum Gasteiger partial charge on any atom is -0.490 e. The lowest BCUT2D eigenvalue weighted by molar-refractivity contribution is 0.254. The van der Waals surface area contributed by atoms with E-state index in [9.17, 15) is 0 Å². The molecule has 0 radical (unpaired) electrons. The fraction of sp³-hybridized carbons (Fsp3) is 0.250. The Hall–Kier alpha value is -1.18. The van der Waals surface area contributed by atoms with Gasteiger partial charge >= 0.3 is 0 Å². The molecule has 0 spiro atoms. The molecule has 0 fully saturated rings. The van der Waals surface area contributed by atoms with Crippen molar-refractivity contribution in [1.29, 1.82) is 0 Å². The van der Waals surface area contributed by atoms with Crippen molar-refractivity contribution in [2.24, 2.45) is 0 Å². The summed E-state index contributed by atoms with van der Waals surface area (Å²) in [5.74, 6) is 0.978. The summed E-state index contributed by atoms with van der Waals surface area (Å²) in [6, 6.07) is 13.8. The zero-order valence-corrected chi connectivity index (χ0v) is 12.1. The van der Waals surface area contributed by atoms with Crippen molar-refractivity contribution >= 4 is 23.2 Å². The number of fused-ring (bicyclic) bond motifs is 1. The van der Waals surface area contributed by atoms with Crippen LogP contribution in [0.4, 0.5) is 0 Å². The third kappa shape index (κ3) is 2.58. The van der Waals surface area contributed by atoms with Crippen LogP contribution in [-0.2, 0) is 6.42 Å². The predicted molar refractivity (Wildman–Crippen MR) is 79.4 cm³/mol. The molecule has 2 aromatic rings. The summed E-state index contributed by atoms with van der Waals surface area (Å²) in [5, 5.41) is 0.529. The third-order valence-electron chi connectivity index (χ3n) is 3.35. The topological polar surface area (TPSA) is 9.23 Å².